The lowest BCUT2D eigenvalue weighted by Gasteiger charge is -2.02. The van der Waals surface area contributed by atoms with E-state index in [9.17, 15) is 4.79 Å². The number of hydrazone groups is 1. The molecule has 0 saturated heterocycles. The van der Waals surface area contributed by atoms with Crippen molar-refractivity contribution < 1.29 is 4.79 Å². The van der Waals surface area contributed by atoms with Gasteiger partial charge in [-0.25, -0.2) is 5.43 Å². The number of rotatable bonds is 6. The minimum absolute atomic E-state index is 0.0629. The van der Waals surface area contributed by atoms with Crippen molar-refractivity contribution >= 4 is 11.6 Å². The Labute approximate surface area is 103 Å². The molecule has 0 spiro atoms. The number of nitrogens with one attached hydrogen (secondary N) is 1. The summed E-state index contributed by atoms with van der Waals surface area (Å²) in [5.74, 6) is -0.0629. The molecule has 1 N–H and O–H groups in total. The van der Waals surface area contributed by atoms with Crippen LogP contribution in [0.4, 0.5) is 0 Å². The molecule has 0 aromatic heterocycles. The van der Waals surface area contributed by atoms with E-state index in [1.165, 1.54) is 0 Å². The number of carbonyl (C=O) groups is 1. The second-order valence-corrected chi connectivity index (χ2v) is 4.15. The van der Waals surface area contributed by atoms with Crippen LogP contribution in [0.5, 0.6) is 0 Å². The molecule has 0 fully saturated rings. The zero-order valence-electron chi connectivity index (χ0n) is 10.6. The predicted octanol–water partition coefficient (Wildman–Crippen LogP) is 2.91. The quantitative estimate of drug-likeness (QED) is 0.594. The number of hydrogen-bond donors (Lipinski definition) is 1. The number of hydrogen-bond acceptors (Lipinski definition) is 2. The summed E-state index contributed by atoms with van der Waals surface area (Å²) < 4.78 is 0. The maximum atomic E-state index is 11.6. The molecule has 0 bridgehead atoms. The summed E-state index contributed by atoms with van der Waals surface area (Å²) in [7, 11) is 0. The van der Waals surface area contributed by atoms with E-state index >= 15 is 0 Å². The normalized spacial score (nSPS) is 11.3. The van der Waals surface area contributed by atoms with Crippen LogP contribution in [0.1, 0.15) is 38.7 Å². The fourth-order valence-corrected chi connectivity index (χ4v) is 1.47. The van der Waals surface area contributed by atoms with Gasteiger partial charge in [-0.15, -0.1) is 0 Å². The number of amides is 1. The Morgan fingerprint density at radius 1 is 1.29 bits per heavy atom. The Bertz CT molecular complexity index is 371. The van der Waals surface area contributed by atoms with E-state index in [1.807, 2.05) is 37.3 Å². The van der Waals surface area contributed by atoms with Gasteiger partial charge in [-0.3, -0.25) is 4.79 Å². The van der Waals surface area contributed by atoms with Crippen LogP contribution in [-0.4, -0.2) is 11.6 Å². The fraction of sp³-hybridized carbons (Fsp3) is 0.429. The molecule has 3 nitrogen and oxygen atoms in total. The zero-order valence-corrected chi connectivity index (χ0v) is 10.6. The highest BCUT2D eigenvalue weighted by atomic mass is 16.2. The highest BCUT2D eigenvalue weighted by Gasteiger charge is 2.01. The van der Waals surface area contributed by atoms with Gasteiger partial charge in [0.05, 0.1) is 6.42 Å². The van der Waals surface area contributed by atoms with Crippen molar-refractivity contribution in [3.63, 3.8) is 0 Å². The van der Waals surface area contributed by atoms with Crippen LogP contribution >= 0.6 is 0 Å². The monoisotopic (exact) mass is 232 g/mol. The summed E-state index contributed by atoms with van der Waals surface area (Å²) in [6.45, 7) is 4.08. The summed E-state index contributed by atoms with van der Waals surface area (Å²) in [6.07, 6.45) is 3.59. The molecule has 0 aliphatic carbocycles. The van der Waals surface area contributed by atoms with Gasteiger partial charge in [0.25, 0.3) is 0 Å². The maximum absolute atomic E-state index is 11.6. The van der Waals surface area contributed by atoms with Crippen molar-refractivity contribution in [2.45, 2.75) is 39.5 Å². The summed E-state index contributed by atoms with van der Waals surface area (Å²) in [5.41, 5.74) is 4.57. The van der Waals surface area contributed by atoms with Crippen LogP contribution < -0.4 is 5.43 Å². The second kappa shape index (κ2) is 7.60. The molecule has 1 aromatic rings. The number of benzene rings is 1. The Kier molecular flexibility index (Phi) is 6.00. The summed E-state index contributed by atoms with van der Waals surface area (Å²) in [5, 5.41) is 4.07. The van der Waals surface area contributed by atoms with Crippen molar-refractivity contribution in [2.75, 3.05) is 0 Å². The van der Waals surface area contributed by atoms with Gasteiger partial charge < -0.3 is 0 Å². The first-order valence-corrected chi connectivity index (χ1v) is 6.08. The molecule has 17 heavy (non-hydrogen) atoms. The highest BCUT2D eigenvalue weighted by molar-refractivity contribution is 5.84. The highest BCUT2D eigenvalue weighted by Crippen LogP contribution is 1.99. The number of nitrogens with zero attached hydrogens (tertiary/aromatic N) is 1. The first kappa shape index (κ1) is 13.4. The molecule has 92 valence electrons. The molecule has 1 rings (SSSR count). The molecular weight excluding hydrogens is 212 g/mol. The van der Waals surface area contributed by atoms with E-state index in [2.05, 4.69) is 17.5 Å². The lowest BCUT2D eigenvalue weighted by molar-refractivity contribution is -0.120. The van der Waals surface area contributed by atoms with Crippen molar-refractivity contribution in [3.8, 4) is 0 Å². The first-order valence-electron chi connectivity index (χ1n) is 6.08. The van der Waals surface area contributed by atoms with Gasteiger partial charge in [0.2, 0.25) is 5.91 Å². The lowest BCUT2D eigenvalue weighted by atomic mass is 10.1. The van der Waals surface area contributed by atoms with Crippen LogP contribution in [0.15, 0.2) is 35.4 Å². The minimum atomic E-state index is -0.0629. The van der Waals surface area contributed by atoms with E-state index in [-0.39, 0.29) is 5.91 Å². The molecule has 0 aliphatic rings. The molecule has 3 heteroatoms. The van der Waals surface area contributed by atoms with Gasteiger partial charge in [-0.1, -0.05) is 43.7 Å². The van der Waals surface area contributed by atoms with Crippen LogP contribution in [0.3, 0.4) is 0 Å². The van der Waals surface area contributed by atoms with Gasteiger partial charge in [0, 0.05) is 5.71 Å². The topological polar surface area (TPSA) is 41.5 Å². The molecule has 1 aromatic carbocycles. The molecule has 1 amide bonds. The van der Waals surface area contributed by atoms with Crippen molar-refractivity contribution in [1.29, 1.82) is 0 Å². The van der Waals surface area contributed by atoms with E-state index < -0.39 is 0 Å². The van der Waals surface area contributed by atoms with Crippen LogP contribution in [0, 0.1) is 0 Å². The number of unbranched alkanes of at least 4 members (excludes halogenated alkanes) is 1. The third-order valence-corrected chi connectivity index (χ3v) is 2.47. The number of carbonyl (C=O) groups excluding carboxylic acids is 1. The Balaban J connectivity index is 2.35. The molecule has 0 aliphatic heterocycles. The van der Waals surface area contributed by atoms with Crippen LogP contribution in [-0.2, 0) is 11.2 Å². The first-order chi connectivity index (χ1) is 8.22. The third-order valence-electron chi connectivity index (χ3n) is 2.47. The smallest absolute Gasteiger partial charge is 0.244 e. The van der Waals surface area contributed by atoms with E-state index in [0.717, 1.165) is 30.5 Å². The molecule has 0 radical (unpaired) electrons. The van der Waals surface area contributed by atoms with Gasteiger partial charge in [0.15, 0.2) is 0 Å². The van der Waals surface area contributed by atoms with Gasteiger partial charge in [0.1, 0.15) is 0 Å². The van der Waals surface area contributed by atoms with Gasteiger partial charge >= 0.3 is 0 Å². The Morgan fingerprint density at radius 2 is 2.00 bits per heavy atom. The van der Waals surface area contributed by atoms with E-state index in [0.29, 0.717) is 6.42 Å². The lowest BCUT2D eigenvalue weighted by Crippen LogP contribution is -2.21. The van der Waals surface area contributed by atoms with Gasteiger partial charge in [-0.05, 0) is 25.3 Å². The molecule has 0 heterocycles. The van der Waals surface area contributed by atoms with E-state index in [4.69, 9.17) is 0 Å². The molecule has 0 unspecified atom stereocenters. The summed E-state index contributed by atoms with van der Waals surface area (Å²) in [4.78, 5) is 11.6. The van der Waals surface area contributed by atoms with Crippen molar-refractivity contribution in [1.82, 2.24) is 5.43 Å². The second-order valence-electron chi connectivity index (χ2n) is 4.15. The van der Waals surface area contributed by atoms with Gasteiger partial charge in [-0.2, -0.15) is 5.10 Å². The average molecular weight is 232 g/mol. The zero-order chi connectivity index (χ0) is 12.5. The minimum Gasteiger partial charge on any atom is -0.273 e. The average Bonchev–Trinajstić information content (AvgIpc) is 2.35. The van der Waals surface area contributed by atoms with Crippen LogP contribution in [0.2, 0.25) is 0 Å². The maximum Gasteiger partial charge on any atom is 0.244 e. The molecule has 0 atom stereocenters. The van der Waals surface area contributed by atoms with Crippen LogP contribution in [0.25, 0.3) is 0 Å². The third kappa shape index (κ3) is 5.85. The fourth-order valence-electron chi connectivity index (χ4n) is 1.47. The summed E-state index contributed by atoms with van der Waals surface area (Å²) in [6, 6.07) is 9.67. The Hall–Kier alpha value is -1.64. The van der Waals surface area contributed by atoms with E-state index in [1.54, 1.807) is 0 Å². The Morgan fingerprint density at radius 3 is 2.65 bits per heavy atom. The SMILES string of the molecule is CCCC/C(C)=N/NC(=O)Cc1ccccc1. The predicted molar refractivity (Wildman–Crippen MR) is 70.9 cm³/mol. The summed E-state index contributed by atoms with van der Waals surface area (Å²) >= 11 is 0. The largest absolute Gasteiger partial charge is 0.273 e. The molecular formula is C14H20N2O. The van der Waals surface area contributed by atoms with Crippen molar-refractivity contribution in [3.05, 3.63) is 35.9 Å². The standard InChI is InChI=1S/C14H20N2O/c1-3-4-8-12(2)15-16-14(17)11-13-9-6-5-7-10-13/h5-7,9-10H,3-4,8,11H2,1-2H3,(H,16,17)/b15-12+. The van der Waals surface area contributed by atoms with Crippen molar-refractivity contribution in [2.24, 2.45) is 5.10 Å². The molecule has 0 saturated carbocycles.